The average Bonchev–Trinajstić information content (AvgIpc) is 2.69. The molecular formula is C14H19BrN2S. The monoisotopic (exact) mass is 326 g/mol. The maximum Gasteiger partial charge on any atom is 0.161 e. The zero-order valence-corrected chi connectivity index (χ0v) is 13.4. The first-order valence-electron chi connectivity index (χ1n) is 6.29. The quantitative estimate of drug-likeness (QED) is 0.871. The van der Waals surface area contributed by atoms with Gasteiger partial charge < -0.3 is 5.32 Å². The minimum Gasteiger partial charge on any atom is -0.335 e. The molecule has 1 aliphatic heterocycles. The van der Waals surface area contributed by atoms with Gasteiger partial charge in [-0.25, -0.2) is 0 Å². The van der Waals surface area contributed by atoms with Crippen molar-refractivity contribution in [1.82, 2.24) is 0 Å². The van der Waals surface area contributed by atoms with Crippen LogP contribution in [0.3, 0.4) is 0 Å². The molecule has 0 spiro atoms. The normalized spacial score (nSPS) is 19.2. The lowest BCUT2D eigenvalue weighted by Gasteiger charge is -2.12. The Morgan fingerprint density at radius 1 is 1.50 bits per heavy atom. The van der Waals surface area contributed by atoms with Gasteiger partial charge >= 0.3 is 0 Å². The van der Waals surface area contributed by atoms with Gasteiger partial charge in [0.05, 0.1) is 6.54 Å². The zero-order chi connectivity index (χ0) is 13.1. The number of hydrogen-bond acceptors (Lipinski definition) is 3. The van der Waals surface area contributed by atoms with Gasteiger partial charge in [-0.2, -0.15) is 0 Å². The number of nitrogens with one attached hydrogen (secondary N) is 1. The van der Waals surface area contributed by atoms with Crippen molar-refractivity contribution in [2.45, 2.75) is 32.4 Å². The van der Waals surface area contributed by atoms with Crippen molar-refractivity contribution in [2.24, 2.45) is 10.9 Å². The molecular weight excluding hydrogens is 308 g/mol. The van der Waals surface area contributed by atoms with Gasteiger partial charge in [0.2, 0.25) is 0 Å². The predicted octanol–water partition coefficient (Wildman–Crippen LogP) is 4.69. The number of rotatable bonds is 3. The first-order valence-corrected chi connectivity index (χ1v) is 7.96. The molecule has 0 saturated heterocycles. The van der Waals surface area contributed by atoms with E-state index >= 15 is 0 Å². The fraction of sp³-hybridized carbons (Fsp3) is 0.500. The molecule has 1 aromatic rings. The highest BCUT2D eigenvalue weighted by Crippen LogP contribution is 2.28. The van der Waals surface area contributed by atoms with Crippen LogP contribution in [0.15, 0.2) is 27.7 Å². The summed E-state index contributed by atoms with van der Waals surface area (Å²) in [5, 5.41) is 5.13. The maximum absolute atomic E-state index is 4.59. The molecule has 1 atom stereocenters. The van der Waals surface area contributed by atoms with Crippen LogP contribution in [0, 0.1) is 12.8 Å². The molecule has 0 aliphatic carbocycles. The third-order valence-electron chi connectivity index (χ3n) is 2.88. The Morgan fingerprint density at radius 3 is 2.94 bits per heavy atom. The van der Waals surface area contributed by atoms with E-state index in [1.807, 2.05) is 11.8 Å². The number of thioether (sulfide) groups is 1. The van der Waals surface area contributed by atoms with Crippen LogP contribution in [0.4, 0.5) is 5.69 Å². The fourth-order valence-corrected chi connectivity index (χ4v) is 3.76. The second-order valence-electron chi connectivity index (χ2n) is 5.10. The Balaban J connectivity index is 1.95. The summed E-state index contributed by atoms with van der Waals surface area (Å²) in [5.41, 5.74) is 2.38. The van der Waals surface area contributed by atoms with Gasteiger partial charge in [-0.3, -0.25) is 4.99 Å². The Kier molecular flexibility index (Phi) is 4.73. The van der Waals surface area contributed by atoms with E-state index < -0.39 is 0 Å². The molecule has 98 valence electrons. The first-order chi connectivity index (χ1) is 8.54. The van der Waals surface area contributed by atoms with Crippen LogP contribution in [0.2, 0.25) is 0 Å². The second kappa shape index (κ2) is 6.11. The summed E-state index contributed by atoms with van der Waals surface area (Å²) in [4.78, 5) is 4.59. The minimum atomic E-state index is 0.642. The molecule has 1 unspecified atom stereocenters. The van der Waals surface area contributed by atoms with Crippen molar-refractivity contribution in [3.05, 3.63) is 28.2 Å². The van der Waals surface area contributed by atoms with Crippen LogP contribution >= 0.6 is 27.7 Å². The summed E-state index contributed by atoms with van der Waals surface area (Å²) >= 11 is 5.36. The van der Waals surface area contributed by atoms with E-state index in [1.54, 1.807) is 0 Å². The van der Waals surface area contributed by atoms with Crippen molar-refractivity contribution in [2.75, 3.05) is 11.9 Å². The summed E-state index contributed by atoms with van der Waals surface area (Å²) < 4.78 is 1.12. The van der Waals surface area contributed by atoms with Crippen molar-refractivity contribution >= 4 is 38.5 Å². The van der Waals surface area contributed by atoms with E-state index in [9.17, 15) is 0 Å². The molecule has 0 saturated carbocycles. The largest absolute Gasteiger partial charge is 0.335 e. The fourth-order valence-electron chi connectivity index (χ4n) is 2.02. The van der Waals surface area contributed by atoms with E-state index in [0.717, 1.165) is 27.8 Å². The number of halogens is 1. The van der Waals surface area contributed by atoms with Gasteiger partial charge in [-0.1, -0.05) is 41.5 Å². The lowest BCUT2D eigenvalue weighted by Crippen LogP contribution is -2.10. The molecule has 2 rings (SSSR count). The average molecular weight is 327 g/mol. The van der Waals surface area contributed by atoms with Gasteiger partial charge in [-0.15, -0.1) is 0 Å². The SMILES string of the molecule is Cc1cc(Br)ccc1NC1=NCC(CC(C)C)S1. The lowest BCUT2D eigenvalue weighted by atomic mass is 10.1. The number of anilines is 1. The second-order valence-corrected chi connectivity index (χ2v) is 7.30. The standard InChI is InChI=1S/C14H19BrN2S/c1-9(2)6-12-8-16-14(18-12)17-13-5-4-11(15)7-10(13)3/h4-5,7,9,12H,6,8H2,1-3H3,(H,16,17). The topological polar surface area (TPSA) is 24.4 Å². The van der Waals surface area contributed by atoms with E-state index in [1.165, 1.54) is 12.0 Å². The molecule has 0 aromatic heterocycles. The molecule has 0 radical (unpaired) electrons. The molecule has 0 amide bonds. The smallest absolute Gasteiger partial charge is 0.161 e. The molecule has 18 heavy (non-hydrogen) atoms. The van der Waals surface area contributed by atoms with Crippen molar-refractivity contribution in [3.63, 3.8) is 0 Å². The molecule has 1 heterocycles. The summed E-state index contributed by atoms with van der Waals surface area (Å²) in [6.07, 6.45) is 1.23. The van der Waals surface area contributed by atoms with Gasteiger partial charge in [0.1, 0.15) is 0 Å². The first kappa shape index (κ1) is 13.9. The van der Waals surface area contributed by atoms with Crippen molar-refractivity contribution in [3.8, 4) is 0 Å². The number of hydrogen-bond donors (Lipinski definition) is 1. The summed E-state index contributed by atoms with van der Waals surface area (Å²) in [6, 6.07) is 6.27. The summed E-state index contributed by atoms with van der Waals surface area (Å²) in [6.45, 7) is 7.59. The Labute approximate surface area is 122 Å². The highest BCUT2D eigenvalue weighted by Gasteiger charge is 2.20. The van der Waals surface area contributed by atoms with Crippen molar-refractivity contribution < 1.29 is 0 Å². The highest BCUT2D eigenvalue weighted by atomic mass is 79.9. The Morgan fingerprint density at radius 2 is 2.28 bits per heavy atom. The zero-order valence-electron chi connectivity index (χ0n) is 11.0. The van der Waals surface area contributed by atoms with Crippen LogP contribution in [0.25, 0.3) is 0 Å². The van der Waals surface area contributed by atoms with E-state index in [-0.39, 0.29) is 0 Å². The van der Waals surface area contributed by atoms with E-state index in [2.05, 4.69) is 65.2 Å². The van der Waals surface area contributed by atoms with Gasteiger partial charge in [0, 0.05) is 15.4 Å². The van der Waals surface area contributed by atoms with Crippen LogP contribution in [-0.2, 0) is 0 Å². The Bertz CT molecular complexity index is 457. The maximum atomic E-state index is 4.59. The van der Waals surface area contributed by atoms with Crippen molar-refractivity contribution in [1.29, 1.82) is 0 Å². The van der Waals surface area contributed by atoms with E-state index in [0.29, 0.717) is 5.25 Å². The minimum absolute atomic E-state index is 0.642. The molecule has 0 fully saturated rings. The number of amidine groups is 1. The van der Waals surface area contributed by atoms with Crippen LogP contribution in [0.1, 0.15) is 25.8 Å². The molecule has 0 bridgehead atoms. The van der Waals surface area contributed by atoms with Crippen LogP contribution in [0.5, 0.6) is 0 Å². The van der Waals surface area contributed by atoms with E-state index in [4.69, 9.17) is 0 Å². The summed E-state index contributed by atoms with van der Waals surface area (Å²) in [5.74, 6) is 0.742. The molecule has 2 nitrogen and oxygen atoms in total. The van der Waals surface area contributed by atoms with Crippen LogP contribution < -0.4 is 5.32 Å². The Hall–Kier alpha value is -0.480. The molecule has 1 aromatic carbocycles. The van der Waals surface area contributed by atoms with Crippen LogP contribution in [-0.4, -0.2) is 17.0 Å². The number of nitrogens with zero attached hydrogens (tertiary/aromatic N) is 1. The molecule has 1 N–H and O–H groups in total. The number of aliphatic imine (C=N–C) groups is 1. The van der Waals surface area contributed by atoms with Gasteiger partial charge in [0.25, 0.3) is 0 Å². The number of benzene rings is 1. The highest BCUT2D eigenvalue weighted by molar-refractivity contribution is 9.10. The molecule has 4 heteroatoms. The third-order valence-corrected chi connectivity index (χ3v) is 4.50. The van der Waals surface area contributed by atoms with Gasteiger partial charge in [0.15, 0.2) is 5.17 Å². The predicted molar refractivity (Wildman–Crippen MR) is 85.6 cm³/mol. The number of aryl methyl sites for hydroxylation is 1. The van der Waals surface area contributed by atoms with Gasteiger partial charge in [-0.05, 0) is 43.0 Å². The summed E-state index contributed by atoms with van der Waals surface area (Å²) in [7, 11) is 0. The molecule has 1 aliphatic rings. The third kappa shape index (κ3) is 3.75. The lowest BCUT2D eigenvalue weighted by molar-refractivity contribution is 0.575.